The van der Waals surface area contributed by atoms with E-state index in [1.54, 1.807) is 4.72 Å². The highest BCUT2D eigenvalue weighted by molar-refractivity contribution is 7.93. The van der Waals surface area contributed by atoms with Crippen molar-refractivity contribution in [2.24, 2.45) is 0 Å². The number of nitrogens with one attached hydrogen (secondary N) is 1. The molecule has 0 aliphatic carbocycles. The molecule has 0 radical (unpaired) electrons. The Morgan fingerprint density at radius 3 is 2.47 bits per heavy atom. The van der Waals surface area contributed by atoms with Gasteiger partial charge in [-0.2, -0.15) is 18.4 Å². The van der Waals surface area contributed by atoms with E-state index in [1.165, 1.54) is 6.07 Å². The normalized spacial score (nSPS) is 13.6. The molecule has 0 aromatic heterocycles. The highest BCUT2D eigenvalue weighted by Crippen LogP contribution is 2.34. The largest absolute Gasteiger partial charge is 0.506 e. The fraction of sp³-hybridized carbons (Fsp3) is 0.300. The molecule has 0 saturated carbocycles. The number of hydrogen-bond acceptors (Lipinski definition) is 4. The molecule has 2 N–H and O–H groups in total. The number of alkyl halides is 3. The van der Waals surface area contributed by atoms with Crippen LogP contribution in [0.3, 0.4) is 0 Å². The van der Waals surface area contributed by atoms with Gasteiger partial charge in [-0.25, -0.2) is 8.42 Å². The smallest absolute Gasteiger partial charge is 0.416 e. The van der Waals surface area contributed by atoms with Gasteiger partial charge in [-0.15, -0.1) is 0 Å². The van der Waals surface area contributed by atoms with Crippen molar-refractivity contribution < 1.29 is 26.7 Å². The highest BCUT2D eigenvalue weighted by Gasteiger charge is 2.32. The van der Waals surface area contributed by atoms with E-state index < -0.39 is 38.4 Å². The van der Waals surface area contributed by atoms with Crippen LogP contribution in [0.25, 0.3) is 0 Å². The zero-order chi connectivity index (χ0) is 14.8. The van der Waals surface area contributed by atoms with E-state index in [4.69, 9.17) is 5.26 Å². The summed E-state index contributed by atoms with van der Waals surface area (Å²) in [7, 11) is -4.19. The van der Waals surface area contributed by atoms with Crippen molar-refractivity contribution >= 4 is 15.7 Å². The first-order valence-corrected chi connectivity index (χ1v) is 6.44. The molecule has 1 aromatic rings. The topological polar surface area (TPSA) is 90.2 Å². The van der Waals surface area contributed by atoms with E-state index in [0.717, 1.165) is 13.0 Å². The lowest BCUT2D eigenvalue weighted by molar-refractivity contribution is -0.137. The molecule has 1 atom stereocenters. The number of aromatic hydroxyl groups is 1. The Hall–Kier alpha value is -1.95. The van der Waals surface area contributed by atoms with Crippen LogP contribution in [0.2, 0.25) is 0 Å². The Morgan fingerprint density at radius 2 is 2.00 bits per heavy atom. The molecule has 1 aromatic carbocycles. The van der Waals surface area contributed by atoms with E-state index in [1.807, 2.05) is 0 Å². The SMILES string of the molecule is CC(C#N)S(=O)(=O)Nc1cc(C(F)(F)F)ccc1O. The number of rotatable bonds is 3. The van der Waals surface area contributed by atoms with Crippen molar-refractivity contribution in [2.75, 3.05) is 4.72 Å². The van der Waals surface area contributed by atoms with Gasteiger partial charge in [0.05, 0.1) is 17.3 Å². The molecule has 0 fully saturated rings. The van der Waals surface area contributed by atoms with E-state index in [-0.39, 0.29) is 0 Å². The maximum atomic E-state index is 12.4. The Kier molecular flexibility index (Phi) is 3.95. The maximum Gasteiger partial charge on any atom is 0.416 e. The third-order valence-corrected chi connectivity index (χ3v) is 3.76. The van der Waals surface area contributed by atoms with Gasteiger partial charge in [0.25, 0.3) is 0 Å². The molecule has 5 nitrogen and oxygen atoms in total. The first kappa shape index (κ1) is 15.1. The van der Waals surface area contributed by atoms with Crippen molar-refractivity contribution in [3.8, 4) is 11.8 Å². The summed E-state index contributed by atoms with van der Waals surface area (Å²) in [4.78, 5) is 0. The zero-order valence-electron chi connectivity index (χ0n) is 9.56. The van der Waals surface area contributed by atoms with Gasteiger partial charge in [0, 0.05) is 0 Å². The number of phenols is 1. The summed E-state index contributed by atoms with van der Waals surface area (Å²) >= 11 is 0. The molecule has 104 valence electrons. The van der Waals surface area contributed by atoms with Crippen molar-refractivity contribution in [1.82, 2.24) is 0 Å². The molecular weight excluding hydrogens is 285 g/mol. The minimum atomic E-state index is -4.67. The average Bonchev–Trinajstić information content (AvgIpc) is 2.29. The fourth-order valence-electron chi connectivity index (χ4n) is 1.11. The summed E-state index contributed by atoms with van der Waals surface area (Å²) in [6.45, 7) is 1.06. The average molecular weight is 294 g/mol. The third-order valence-electron chi connectivity index (χ3n) is 2.22. The summed E-state index contributed by atoms with van der Waals surface area (Å²) in [5, 5.41) is 16.4. The predicted molar refractivity (Wildman–Crippen MR) is 60.7 cm³/mol. The van der Waals surface area contributed by atoms with Crippen LogP contribution >= 0.6 is 0 Å². The first-order chi connectivity index (χ1) is 8.58. The van der Waals surface area contributed by atoms with Crippen molar-refractivity contribution in [1.29, 1.82) is 5.26 Å². The van der Waals surface area contributed by atoms with Crippen LogP contribution in [0.5, 0.6) is 5.75 Å². The predicted octanol–water partition coefficient (Wildman–Crippen LogP) is 2.06. The molecule has 1 rings (SSSR count). The summed E-state index contributed by atoms with van der Waals surface area (Å²) < 4.78 is 62.1. The standard InChI is InChI=1S/C10H9F3N2O3S/c1-6(5-14)19(17,18)15-8-4-7(10(11,12)13)2-3-9(8)16/h2-4,6,15-16H,1H3. The van der Waals surface area contributed by atoms with Crippen molar-refractivity contribution in [3.63, 3.8) is 0 Å². The zero-order valence-corrected chi connectivity index (χ0v) is 10.4. The molecule has 0 saturated heterocycles. The van der Waals surface area contributed by atoms with Crippen LogP contribution in [0.1, 0.15) is 12.5 Å². The summed E-state index contributed by atoms with van der Waals surface area (Å²) in [6, 6.07) is 3.22. The minimum Gasteiger partial charge on any atom is -0.506 e. The van der Waals surface area contributed by atoms with Gasteiger partial charge < -0.3 is 5.11 Å². The van der Waals surface area contributed by atoms with Crippen molar-refractivity contribution in [3.05, 3.63) is 23.8 Å². The molecule has 0 aliphatic heterocycles. The second-order valence-electron chi connectivity index (χ2n) is 3.65. The second-order valence-corrected chi connectivity index (χ2v) is 5.65. The number of halogens is 3. The lowest BCUT2D eigenvalue weighted by atomic mass is 10.2. The van der Waals surface area contributed by atoms with Gasteiger partial charge in [-0.05, 0) is 25.1 Å². The third kappa shape index (κ3) is 3.51. The lowest BCUT2D eigenvalue weighted by Crippen LogP contribution is -2.24. The molecule has 0 aliphatic rings. The second kappa shape index (κ2) is 4.97. The lowest BCUT2D eigenvalue weighted by Gasteiger charge is -2.13. The first-order valence-electron chi connectivity index (χ1n) is 4.89. The van der Waals surface area contributed by atoms with E-state index in [0.29, 0.717) is 12.1 Å². The quantitative estimate of drug-likeness (QED) is 0.835. The summed E-state index contributed by atoms with van der Waals surface area (Å²) in [5.74, 6) is -0.665. The van der Waals surface area contributed by atoms with Gasteiger partial charge >= 0.3 is 6.18 Å². The molecule has 0 heterocycles. The minimum absolute atomic E-state index is 0.455. The molecule has 19 heavy (non-hydrogen) atoms. The Balaban J connectivity index is 3.20. The van der Waals surface area contributed by atoms with Crippen LogP contribution < -0.4 is 4.72 Å². The fourth-order valence-corrected chi connectivity index (χ4v) is 1.89. The van der Waals surface area contributed by atoms with Crippen LogP contribution in [0, 0.1) is 11.3 Å². The number of benzene rings is 1. The van der Waals surface area contributed by atoms with Crippen LogP contribution in [0.15, 0.2) is 18.2 Å². The molecular formula is C10H9F3N2O3S. The Morgan fingerprint density at radius 1 is 1.42 bits per heavy atom. The summed E-state index contributed by atoms with van der Waals surface area (Å²) in [6.07, 6.45) is -4.67. The van der Waals surface area contributed by atoms with Crippen LogP contribution in [-0.2, 0) is 16.2 Å². The Labute approximate surface area is 107 Å². The Bertz CT molecular complexity index is 620. The molecule has 0 bridgehead atoms. The maximum absolute atomic E-state index is 12.4. The van der Waals surface area contributed by atoms with E-state index in [2.05, 4.69) is 0 Å². The number of nitriles is 1. The molecule has 0 spiro atoms. The van der Waals surface area contributed by atoms with E-state index >= 15 is 0 Å². The highest BCUT2D eigenvalue weighted by atomic mass is 32.2. The molecule has 0 amide bonds. The number of phenolic OH excluding ortho intramolecular Hbond substituents is 1. The van der Waals surface area contributed by atoms with Gasteiger partial charge in [0.15, 0.2) is 5.25 Å². The summed E-state index contributed by atoms with van der Waals surface area (Å²) in [5.41, 5.74) is -1.75. The van der Waals surface area contributed by atoms with Gasteiger partial charge in [0.1, 0.15) is 5.75 Å². The van der Waals surface area contributed by atoms with Gasteiger partial charge in [-0.1, -0.05) is 0 Å². The monoisotopic (exact) mass is 294 g/mol. The number of nitrogens with zero attached hydrogens (tertiary/aromatic N) is 1. The van der Waals surface area contributed by atoms with Crippen LogP contribution in [0.4, 0.5) is 18.9 Å². The molecule has 1 unspecified atom stereocenters. The van der Waals surface area contributed by atoms with Crippen molar-refractivity contribution in [2.45, 2.75) is 18.3 Å². The number of anilines is 1. The van der Waals surface area contributed by atoms with E-state index in [9.17, 15) is 26.7 Å². The van der Waals surface area contributed by atoms with Gasteiger partial charge in [-0.3, -0.25) is 4.72 Å². The number of hydrogen-bond donors (Lipinski definition) is 2. The van der Waals surface area contributed by atoms with Crippen LogP contribution in [-0.4, -0.2) is 18.8 Å². The number of sulfonamides is 1. The molecule has 9 heteroatoms. The van der Waals surface area contributed by atoms with Gasteiger partial charge in [0.2, 0.25) is 10.0 Å².